The lowest BCUT2D eigenvalue weighted by atomic mass is 9.72. The van der Waals surface area contributed by atoms with Crippen molar-refractivity contribution in [2.24, 2.45) is 0 Å². The zero-order valence-corrected chi connectivity index (χ0v) is 13.7. The fraction of sp³-hybridized carbons (Fsp3) is 0.500. The average molecular weight is 317 g/mol. The van der Waals surface area contributed by atoms with E-state index in [0.29, 0.717) is 32.5 Å². The van der Waals surface area contributed by atoms with Gasteiger partial charge in [-0.1, -0.05) is 30.3 Å². The minimum Gasteiger partial charge on any atom is -0.465 e. The third-order valence-electron chi connectivity index (χ3n) is 4.36. The quantitative estimate of drug-likeness (QED) is 0.616. The maximum absolute atomic E-state index is 12.6. The van der Waals surface area contributed by atoms with Crippen molar-refractivity contribution in [3.63, 3.8) is 0 Å². The van der Waals surface area contributed by atoms with Crippen LogP contribution in [0, 0.1) is 0 Å². The van der Waals surface area contributed by atoms with E-state index in [0.717, 1.165) is 5.56 Å². The smallest absolute Gasteiger partial charge is 0.316 e. The molecule has 1 heterocycles. The first-order valence-corrected chi connectivity index (χ1v) is 7.99. The summed E-state index contributed by atoms with van der Waals surface area (Å²) >= 11 is 0. The molecule has 0 radical (unpaired) electrons. The van der Waals surface area contributed by atoms with Crippen molar-refractivity contribution in [1.82, 2.24) is 4.90 Å². The summed E-state index contributed by atoms with van der Waals surface area (Å²) in [5.41, 5.74) is 0.224. The molecule has 124 valence electrons. The molecule has 0 atom stereocenters. The standard InChI is InChI=1S/C18H23NO4/c1-3-23-17(22)18(15-7-5-4-6-8-15)9-11-19(12-10-18)16(21)13-14(2)20/h4-8H,3,9-13H2,1-2H3. The van der Waals surface area contributed by atoms with Crippen molar-refractivity contribution in [1.29, 1.82) is 0 Å². The van der Waals surface area contributed by atoms with E-state index in [2.05, 4.69) is 0 Å². The second-order valence-corrected chi connectivity index (χ2v) is 5.93. The van der Waals surface area contributed by atoms with Gasteiger partial charge in [-0.2, -0.15) is 0 Å². The van der Waals surface area contributed by atoms with Gasteiger partial charge >= 0.3 is 5.97 Å². The Labute approximate surface area is 136 Å². The fourth-order valence-electron chi connectivity index (χ4n) is 3.10. The first kappa shape index (κ1) is 17.2. The van der Waals surface area contributed by atoms with Crippen LogP contribution in [0.1, 0.15) is 38.7 Å². The van der Waals surface area contributed by atoms with E-state index in [-0.39, 0.29) is 24.1 Å². The van der Waals surface area contributed by atoms with E-state index in [9.17, 15) is 14.4 Å². The predicted octanol–water partition coefficient (Wildman–Crippen LogP) is 2.09. The van der Waals surface area contributed by atoms with Gasteiger partial charge in [-0.15, -0.1) is 0 Å². The summed E-state index contributed by atoms with van der Waals surface area (Å²) in [6.07, 6.45) is 0.955. The number of rotatable bonds is 5. The van der Waals surface area contributed by atoms with Crippen LogP contribution >= 0.6 is 0 Å². The van der Waals surface area contributed by atoms with Gasteiger partial charge in [0.2, 0.25) is 5.91 Å². The molecule has 5 heteroatoms. The van der Waals surface area contributed by atoms with Crippen molar-refractivity contribution in [3.8, 4) is 0 Å². The summed E-state index contributed by atoms with van der Waals surface area (Å²) in [4.78, 5) is 37.4. The van der Waals surface area contributed by atoms with E-state index in [1.807, 2.05) is 30.3 Å². The molecule has 0 unspecified atom stereocenters. The normalized spacial score (nSPS) is 16.7. The molecular weight excluding hydrogens is 294 g/mol. The Morgan fingerprint density at radius 1 is 1.13 bits per heavy atom. The van der Waals surface area contributed by atoms with Crippen molar-refractivity contribution < 1.29 is 19.1 Å². The van der Waals surface area contributed by atoms with Gasteiger partial charge in [-0.05, 0) is 32.3 Å². The Morgan fingerprint density at radius 2 is 1.74 bits per heavy atom. The van der Waals surface area contributed by atoms with Crippen molar-refractivity contribution in [2.45, 2.75) is 38.5 Å². The number of amides is 1. The molecule has 1 aliphatic heterocycles. The number of Topliss-reactive ketones (excluding diaryl/α,β-unsaturated/α-hetero) is 1. The second-order valence-electron chi connectivity index (χ2n) is 5.93. The SMILES string of the molecule is CCOC(=O)C1(c2ccccc2)CCN(C(=O)CC(C)=O)CC1. The number of esters is 1. The molecule has 23 heavy (non-hydrogen) atoms. The summed E-state index contributed by atoms with van der Waals surface area (Å²) in [6.45, 7) is 4.46. The molecule has 0 bridgehead atoms. The van der Waals surface area contributed by atoms with Crippen LogP contribution in [0.25, 0.3) is 0 Å². The number of piperidine rings is 1. The number of nitrogens with zero attached hydrogens (tertiary/aromatic N) is 1. The van der Waals surface area contributed by atoms with Crippen LogP contribution in [-0.4, -0.2) is 42.3 Å². The van der Waals surface area contributed by atoms with Crippen LogP contribution < -0.4 is 0 Å². The largest absolute Gasteiger partial charge is 0.465 e. The topological polar surface area (TPSA) is 63.7 Å². The summed E-state index contributed by atoms with van der Waals surface area (Å²) in [6, 6.07) is 9.59. The van der Waals surface area contributed by atoms with Crippen molar-refractivity contribution >= 4 is 17.7 Å². The van der Waals surface area contributed by atoms with Gasteiger partial charge in [0.1, 0.15) is 5.78 Å². The number of carbonyl (C=O) groups excluding carboxylic acids is 3. The Morgan fingerprint density at radius 3 is 2.26 bits per heavy atom. The zero-order chi connectivity index (χ0) is 16.9. The Balaban J connectivity index is 2.18. The second kappa shape index (κ2) is 7.40. The average Bonchev–Trinajstić information content (AvgIpc) is 2.55. The van der Waals surface area contributed by atoms with Crippen molar-refractivity contribution in [2.75, 3.05) is 19.7 Å². The molecule has 1 amide bonds. The minimum absolute atomic E-state index is 0.0717. The lowest BCUT2D eigenvalue weighted by molar-refractivity contribution is -0.154. The monoisotopic (exact) mass is 317 g/mol. The van der Waals surface area contributed by atoms with E-state index >= 15 is 0 Å². The highest BCUT2D eigenvalue weighted by Gasteiger charge is 2.44. The molecule has 2 rings (SSSR count). The van der Waals surface area contributed by atoms with Gasteiger partial charge in [0.15, 0.2) is 0 Å². The highest BCUT2D eigenvalue weighted by molar-refractivity contribution is 5.97. The van der Waals surface area contributed by atoms with Crippen LogP contribution in [0.2, 0.25) is 0 Å². The van der Waals surface area contributed by atoms with E-state index in [1.165, 1.54) is 6.92 Å². The van der Waals surface area contributed by atoms with Gasteiger partial charge in [0.05, 0.1) is 18.4 Å². The van der Waals surface area contributed by atoms with Gasteiger partial charge in [-0.3, -0.25) is 14.4 Å². The van der Waals surface area contributed by atoms with Gasteiger partial charge in [0.25, 0.3) is 0 Å². The number of likely N-dealkylation sites (tertiary alicyclic amines) is 1. The van der Waals surface area contributed by atoms with Gasteiger partial charge < -0.3 is 9.64 Å². The minimum atomic E-state index is -0.704. The first-order valence-electron chi connectivity index (χ1n) is 7.99. The Hall–Kier alpha value is -2.17. The molecule has 0 spiro atoms. The molecule has 5 nitrogen and oxygen atoms in total. The third kappa shape index (κ3) is 3.78. The number of ketones is 1. The summed E-state index contributed by atoms with van der Waals surface area (Å²) < 4.78 is 5.30. The number of benzene rings is 1. The molecule has 1 aromatic rings. The molecule has 1 fully saturated rings. The van der Waals surface area contributed by atoms with Crippen LogP contribution in [-0.2, 0) is 24.5 Å². The van der Waals surface area contributed by atoms with Gasteiger partial charge in [-0.25, -0.2) is 0 Å². The first-order chi connectivity index (χ1) is 11.0. The van der Waals surface area contributed by atoms with Crippen LogP contribution in [0.4, 0.5) is 0 Å². The molecule has 1 aliphatic rings. The van der Waals surface area contributed by atoms with E-state index in [1.54, 1.807) is 11.8 Å². The number of hydrogen-bond acceptors (Lipinski definition) is 4. The summed E-state index contributed by atoms with van der Waals surface area (Å²) in [7, 11) is 0. The van der Waals surface area contributed by atoms with E-state index < -0.39 is 5.41 Å². The molecule has 1 aromatic carbocycles. The van der Waals surface area contributed by atoms with Crippen LogP contribution in [0.5, 0.6) is 0 Å². The molecule has 0 aromatic heterocycles. The number of hydrogen-bond donors (Lipinski definition) is 0. The molecule has 0 saturated carbocycles. The molecule has 0 aliphatic carbocycles. The zero-order valence-electron chi connectivity index (χ0n) is 13.7. The maximum Gasteiger partial charge on any atom is 0.316 e. The lowest BCUT2D eigenvalue weighted by Crippen LogP contribution is -2.50. The molecule has 0 N–H and O–H groups in total. The predicted molar refractivity (Wildman–Crippen MR) is 85.9 cm³/mol. The molecular formula is C18H23NO4. The lowest BCUT2D eigenvalue weighted by Gasteiger charge is -2.40. The highest BCUT2D eigenvalue weighted by atomic mass is 16.5. The van der Waals surface area contributed by atoms with Crippen molar-refractivity contribution in [3.05, 3.63) is 35.9 Å². The Kier molecular flexibility index (Phi) is 5.53. The van der Waals surface area contributed by atoms with Crippen LogP contribution in [0.3, 0.4) is 0 Å². The summed E-state index contributed by atoms with van der Waals surface area (Å²) in [5, 5.41) is 0. The maximum atomic E-state index is 12.6. The molecule has 1 saturated heterocycles. The third-order valence-corrected chi connectivity index (χ3v) is 4.36. The summed E-state index contributed by atoms with van der Waals surface area (Å²) in [5.74, 6) is -0.534. The number of carbonyl (C=O) groups is 3. The van der Waals surface area contributed by atoms with Crippen LogP contribution in [0.15, 0.2) is 30.3 Å². The number of ether oxygens (including phenoxy) is 1. The fourth-order valence-corrected chi connectivity index (χ4v) is 3.10. The highest BCUT2D eigenvalue weighted by Crippen LogP contribution is 2.37. The van der Waals surface area contributed by atoms with E-state index in [4.69, 9.17) is 4.74 Å². The van der Waals surface area contributed by atoms with Gasteiger partial charge in [0, 0.05) is 13.1 Å². The Bertz CT molecular complexity index is 574.